The van der Waals surface area contributed by atoms with E-state index >= 15 is 0 Å². The first-order valence-corrected chi connectivity index (χ1v) is 7.98. The highest BCUT2D eigenvalue weighted by Gasteiger charge is 2.18. The van der Waals surface area contributed by atoms with Gasteiger partial charge >= 0.3 is 0 Å². The van der Waals surface area contributed by atoms with Gasteiger partial charge in [0.15, 0.2) is 0 Å². The zero-order valence-corrected chi connectivity index (χ0v) is 11.9. The van der Waals surface area contributed by atoms with Crippen molar-refractivity contribution in [2.75, 3.05) is 0 Å². The fraction of sp³-hybridized carbons (Fsp3) is 0.0909. The molecule has 0 saturated heterocycles. The molecule has 3 aromatic rings. The first-order chi connectivity index (χ1) is 7.75. The maximum atomic E-state index is 6.45. The van der Waals surface area contributed by atoms with Crippen LogP contribution in [0.2, 0.25) is 5.02 Å². The molecule has 0 nitrogen and oxygen atoms in total. The van der Waals surface area contributed by atoms with E-state index in [0.717, 1.165) is 9.90 Å². The minimum atomic E-state index is -0.114. The Morgan fingerprint density at radius 3 is 2.56 bits per heavy atom. The Bertz CT molecular complexity index is 591. The third-order valence-electron chi connectivity index (χ3n) is 2.28. The molecule has 0 radical (unpaired) electrons. The van der Waals surface area contributed by atoms with Crippen molar-refractivity contribution in [3.63, 3.8) is 0 Å². The Hall–Kier alpha value is -0.0600. The van der Waals surface area contributed by atoms with Crippen LogP contribution in [0.5, 0.6) is 0 Å². The fourth-order valence-corrected chi connectivity index (χ4v) is 5.39. The van der Waals surface area contributed by atoms with Crippen molar-refractivity contribution in [1.82, 2.24) is 0 Å². The van der Waals surface area contributed by atoms with Gasteiger partial charge in [-0.3, -0.25) is 0 Å². The molecule has 0 N–H and O–H groups in total. The number of thiophene rings is 3. The topological polar surface area (TPSA) is 0 Å². The summed E-state index contributed by atoms with van der Waals surface area (Å²) in [6.07, 6.45) is 0. The van der Waals surface area contributed by atoms with Gasteiger partial charge in [-0.25, -0.2) is 0 Å². The van der Waals surface area contributed by atoms with E-state index in [2.05, 4.69) is 17.5 Å². The highest BCUT2D eigenvalue weighted by Crippen LogP contribution is 2.42. The summed E-state index contributed by atoms with van der Waals surface area (Å²) >= 11 is 17.6. The first-order valence-electron chi connectivity index (χ1n) is 4.59. The van der Waals surface area contributed by atoms with Gasteiger partial charge in [0.2, 0.25) is 0 Å². The number of hydrogen-bond acceptors (Lipinski definition) is 3. The second kappa shape index (κ2) is 4.31. The lowest BCUT2D eigenvalue weighted by Crippen LogP contribution is -1.85. The van der Waals surface area contributed by atoms with Gasteiger partial charge in [0.1, 0.15) is 5.38 Å². The number of rotatable bonds is 2. The summed E-state index contributed by atoms with van der Waals surface area (Å²) < 4.78 is 2.61. The molecule has 82 valence electrons. The molecule has 16 heavy (non-hydrogen) atoms. The predicted molar refractivity (Wildman–Crippen MR) is 76.7 cm³/mol. The molecular weight excluding hydrogens is 299 g/mol. The molecule has 3 aromatic heterocycles. The Morgan fingerprint density at radius 1 is 1.06 bits per heavy atom. The molecule has 0 fully saturated rings. The molecule has 0 aliphatic heterocycles. The molecule has 0 aromatic carbocycles. The van der Waals surface area contributed by atoms with Crippen LogP contribution in [-0.4, -0.2) is 0 Å². The lowest BCUT2D eigenvalue weighted by Gasteiger charge is -2.04. The first kappa shape index (κ1) is 11.1. The van der Waals surface area contributed by atoms with Crippen molar-refractivity contribution >= 4 is 66.6 Å². The summed E-state index contributed by atoms with van der Waals surface area (Å²) in [5.41, 5.74) is 0. The van der Waals surface area contributed by atoms with Crippen molar-refractivity contribution in [2.45, 2.75) is 5.38 Å². The molecule has 1 atom stereocenters. The third-order valence-corrected chi connectivity index (χ3v) is 6.58. The monoisotopic (exact) mass is 304 g/mol. The second-order valence-corrected chi connectivity index (χ2v) is 7.15. The van der Waals surface area contributed by atoms with E-state index in [1.54, 1.807) is 34.0 Å². The predicted octanol–water partition coefficient (Wildman–Crippen LogP) is 6.01. The summed E-state index contributed by atoms with van der Waals surface area (Å²) in [5, 5.41) is 4.73. The van der Waals surface area contributed by atoms with Gasteiger partial charge in [0.05, 0.1) is 5.02 Å². The smallest absolute Gasteiger partial charge is 0.103 e. The maximum absolute atomic E-state index is 6.45. The summed E-state index contributed by atoms with van der Waals surface area (Å²) in [6.45, 7) is 0. The summed E-state index contributed by atoms with van der Waals surface area (Å²) in [5.74, 6) is 0. The molecule has 0 aliphatic carbocycles. The Labute approximate surface area is 115 Å². The SMILES string of the molecule is Clc1ccsc1C(Cl)c1cc2sccc2s1. The zero-order valence-electron chi connectivity index (χ0n) is 7.94. The summed E-state index contributed by atoms with van der Waals surface area (Å²) in [6, 6.07) is 6.19. The van der Waals surface area contributed by atoms with Gasteiger partial charge in [-0.1, -0.05) is 11.6 Å². The fourth-order valence-electron chi connectivity index (χ4n) is 1.52. The highest BCUT2D eigenvalue weighted by atomic mass is 35.5. The minimum absolute atomic E-state index is 0.114. The number of alkyl halides is 1. The largest absolute Gasteiger partial charge is 0.145 e. The van der Waals surface area contributed by atoms with Crippen molar-refractivity contribution in [3.8, 4) is 0 Å². The van der Waals surface area contributed by atoms with E-state index in [1.807, 2.05) is 11.4 Å². The highest BCUT2D eigenvalue weighted by molar-refractivity contribution is 7.27. The van der Waals surface area contributed by atoms with Crippen molar-refractivity contribution in [2.24, 2.45) is 0 Å². The van der Waals surface area contributed by atoms with Gasteiger partial charge in [0.25, 0.3) is 0 Å². The standard InChI is InChI=1S/C11H6Cl2S3/c12-6-1-3-15-11(6)10(13)9-5-8-7(16-9)2-4-14-8/h1-5,10H. The van der Waals surface area contributed by atoms with Crippen LogP contribution in [0.4, 0.5) is 0 Å². The van der Waals surface area contributed by atoms with Crippen LogP contribution in [0, 0.1) is 0 Å². The van der Waals surface area contributed by atoms with Crippen LogP contribution in [0.25, 0.3) is 9.40 Å². The number of hydrogen-bond donors (Lipinski definition) is 0. The molecule has 0 aliphatic rings. The Balaban J connectivity index is 2.04. The molecule has 0 amide bonds. The molecule has 0 spiro atoms. The summed E-state index contributed by atoms with van der Waals surface area (Å²) in [4.78, 5) is 2.21. The number of fused-ring (bicyclic) bond motifs is 1. The summed E-state index contributed by atoms with van der Waals surface area (Å²) in [7, 11) is 0. The lowest BCUT2D eigenvalue weighted by molar-refractivity contribution is 1.24. The quantitative estimate of drug-likeness (QED) is 0.509. The lowest BCUT2D eigenvalue weighted by atomic mass is 10.3. The van der Waals surface area contributed by atoms with Crippen LogP contribution in [0.3, 0.4) is 0 Å². The average Bonchev–Trinajstić information content (AvgIpc) is 2.89. The van der Waals surface area contributed by atoms with Crippen LogP contribution in [0.15, 0.2) is 29.0 Å². The van der Waals surface area contributed by atoms with Crippen LogP contribution in [-0.2, 0) is 0 Å². The van der Waals surface area contributed by atoms with Gasteiger partial charge in [-0.2, -0.15) is 0 Å². The minimum Gasteiger partial charge on any atom is -0.145 e. The van der Waals surface area contributed by atoms with Crippen LogP contribution < -0.4 is 0 Å². The molecule has 3 rings (SSSR count). The Kier molecular flexibility index (Phi) is 2.98. The Morgan fingerprint density at radius 2 is 1.88 bits per heavy atom. The maximum Gasteiger partial charge on any atom is 0.103 e. The van der Waals surface area contributed by atoms with Crippen molar-refractivity contribution < 1.29 is 0 Å². The van der Waals surface area contributed by atoms with E-state index in [-0.39, 0.29) is 5.38 Å². The molecule has 5 heteroatoms. The van der Waals surface area contributed by atoms with E-state index in [9.17, 15) is 0 Å². The molecule has 3 heterocycles. The molecule has 0 bridgehead atoms. The number of halogens is 2. The van der Waals surface area contributed by atoms with E-state index in [0.29, 0.717) is 0 Å². The van der Waals surface area contributed by atoms with Crippen molar-refractivity contribution in [1.29, 1.82) is 0 Å². The van der Waals surface area contributed by atoms with E-state index in [1.165, 1.54) is 14.3 Å². The van der Waals surface area contributed by atoms with Gasteiger partial charge in [-0.15, -0.1) is 45.6 Å². The zero-order chi connectivity index (χ0) is 11.1. The normalized spacial score (nSPS) is 13.4. The average molecular weight is 305 g/mol. The molecule has 1 unspecified atom stereocenters. The van der Waals surface area contributed by atoms with Gasteiger partial charge in [-0.05, 0) is 29.0 Å². The second-order valence-electron chi connectivity index (χ2n) is 3.29. The van der Waals surface area contributed by atoms with Gasteiger partial charge in [0, 0.05) is 19.2 Å². The van der Waals surface area contributed by atoms with E-state index in [4.69, 9.17) is 23.2 Å². The third kappa shape index (κ3) is 1.81. The van der Waals surface area contributed by atoms with Crippen LogP contribution >= 0.6 is 57.2 Å². The van der Waals surface area contributed by atoms with Gasteiger partial charge < -0.3 is 0 Å². The van der Waals surface area contributed by atoms with E-state index < -0.39 is 0 Å². The molecular formula is C11H6Cl2S3. The molecule has 0 saturated carbocycles. The van der Waals surface area contributed by atoms with Crippen molar-refractivity contribution in [3.05, 3.63) is 43.7 Å². The van der Waals surface area contributed by atoms with Crippen LogP contribution in [0.1, 0.15) is 15.1 Å².